The van der Waals surface area contributed by atoms with Crippen LogP contribution >= 0.6 is 0 Å². The fraction of sp³-hybridized carbons (Fsp3) is 0.808. The maximum Gasteiger partial charge on any atom is 0.290 e. The predicted octanol–water partition coefficient (Wildman–Crippen LogP) is -13.1. The van der Waals surface area contributed by atoms with Crippen LogP contribution in [0.2, 0.25) is 0 Å². The molecule has 0 saturated carbocycles. The summed E-state index contributed by atoms with van der Waals surface area (Å²) in [4.78, 5) is 13.6. The van der Waals surface area contributed by atoms with Crippen molar-refractivity contribution in [1.29, 1.82) is 0 Å². The molecule has 0 aliphatic carbocycles. The van der Waals surface area contributed by atoms with Crippen LogP contribution in [-0.4, -0.2) is 374 Å². The minimum absolute atomic E-state index is 0.246. The van der Waals surface area contributed by atoms with Gasteiger partial charge in [-0.05, 0) is 0 Å². The molecule has 38 heteroatoms. The first-order valence-corrected chi connectivity index (χ1v) is 28.7. The molecular formula is C52H76N2O36. The van der Waals surface area contributed by atoms with Crippen LogP contribution in [-0.2, 0) is 66.3 Å². The molecule has 21 saturated heterocycles. The lowest BCUT2D eigenvalue weighted by Gasteiger charge is -2.50. The molecule has 14 bridgehead atoms. The number of rotatable bonds is 10. The topological polar surface area (TPSA) is 589 Å². The van der Waals surface area contributed by atoms with Gasteiger partial charge in [0.2, 0.25) is 5.76 Å². The highest BCUT2D eigenvalue weighted by molar-refractivity contribution is 5.92. The second kappa shape index (κ2) is 29.7. The molecule has 90 heavy (non-hydrogen) atoms. The minimum Gasteiger partial charge on any atom is -0.394 e. The Bertz CT molecular complexity index is 2570. The molecule has 1 aromatic heterocycles. The Balaban J connectivity index is 0.944. The predicted molar refractivity (Wildman–Crippen MR) is 276 cm³/mol. The largest absolute Gasteiger partial charge is 0.394 e. The fourth-order valence-corrected chi connectivity index (χ4v) is 11.8. The van der Waals surface area contributed by atoms with E-state index < -0.39 is 267 Å². The monoisotopic (exact) mass is 1300 g/mol. The number of aromatic nitrogens is 1. The highest BCUT2D eigenvalue weighted by atomic mass is 16.8. The third kappa shape index (κ3) is 13.8. The highest BCUT2D eigenvalue weighted by Crippen LogP contribution is 2.39. The molecule has 35 atom stereocenters. The SMILES string of the molecule is O=C(NC[C@H]1O[C@@H]2O[C@H]3[C@H](O)[C@@H](O)[C@@H](O[C@H]4[C@H](O)[C@@H](O)[C@@H](O[C@H]5[C@H](O)[C@@H](O)[C@@H](O[C@H]6[C@H](O)[C@@H](O)[C@@H](O[C@H]7[C@H](O)[C@@H](O)[C@@H](O[C@H]8[C@H](O)[C@@H](O)[C@@H](O[C@H]1[C@H](O)[C@H]2O)O[C@@H]8CO)O[C@@H]7CO)O[C@@H]6CO)O[C@@H]5CO)O[C@@H]4CO)O[C@@H]3CO)c1cc(-c2ccccc2)no1. The first-order chi connectivity index (χ1) is 43.0. The number of benzene rings is 1. The molecule has 510 valence electrons. The van der Waals surface area contributed by atoms with Crippen LogP contribution in [0.25, 0.3) is 11.3 Å². The van der Waals surface area contributed by atoms with E-state index in [9.17, 15) is 107 Å². The summed E-state index contributed by atoms with van der Waals surface area (Å²) in [6.07, 6.45) is -71.8. The first kappa shape index (κ1) is 69.4. The summed E-state index contributed by atoms with van der Waals surface area (Å²) in [7, 11) is 0. The smallest absolute Gasteiger partial charge is 0.290 e. The number of carbonyl (C=O) groups excluding carboxylic acids is 1. The Labute approximate surface area is 507 Å². The Morgan fingerprint density at radius 2 is 0.567 bits per heavy atom. The van der Waals surface area contributed by atoms with Gasteiger partial charge in [-0.2, -0.15) is 0 Å². The average Bonchev–Trinajstić information content (AvgIpc) is 1.04. The van der Waals surface area contributed by atoms with E-state index in [1.807, 2.05) is 0 Å². The molecule has 0 unspecified atom stereocenters. The standard InChI is InChI=1S/C52H76N2O36/c55-8-18-39-26(63)33(70)48(78-18)86-41-20(10-57)80-50(35(72)28(41)65)88-43-22(12-59)82-52(37(74)30(43)67)89-44-23(13-60)81-51(36(73)29(44)66)87-42-21(11-58)79-49(34(71)27(42)64)85-40-19(9-56)77-47(32(69)25(40)62)83-38-17(76-46(84-39)31(68)24(38)61)7-53-45(75)16-6-15(54-90-16)14-4-2-1-3-5-14/h1-6,17-44,46-52,55-74H,7-13H2,(H,53,75)/t17-,18-,19-,20-,21-,22-,23-,24-,25-,26-,27-,28-,29-,30-,31-,32-,33-,34-,35-,36-,37-,38-,39-,40-,41-,42-,43-,44-,46-,47-,48-,49-,50-,51-,52-/m1/s1. The third-order valence-corrected chi connectivity index (χ3v) is 16.9. The maximum atomic E-state index is 13.6. The van der Waals surface area contributed by atoms with Gasteiger partial charge in [0.05, 0.1) is 39.6 Å². The Morgan fingerprint density at radius 3 is 0.811 bits per heavy atom. The van der Waals surface area contributed by atoms with Crippen molar-refractivity contribution >= 4 is 5.91 Å². The summed E-state index contributed by atoms with van der Waals surface area (Å²) in [5.74, 6) is -1.29. The van der Waals surface area contributed by atoms with E-state index in [-0.39, 0.29) is 11.5 Å². The number of aliphatic hydroxyl groups excluding tert-OH is 20. The summed E-state index contributed by atoms with van der Waals surface area (Å²) < 4.78 is 86.4. The second-order valence-electron chi connectivity index (χ2n) is 22.6. The number of carbonyl (C=O) groups is 1. The number of nitrogens with one attached hydrogen (secondary N) is 1. The van der Waals surface area contributed by atoms with Crippen molar-refractivity contribution < 1.29 is 178 Å². The zero-order valence-corrected chi connectivity index (χ0v) is 47.0. The molecule has 21 aliphatic heterocycles. The molecule has 21 fully saturated rings. The zero-order chi connectivity index (χ0) is 64.7. The molecule has 23 rings (SSSR count). The van der Waals surface area contributed by atoms with Crippen molar-refractivity contribution in [2.45, 2.75) is 215 Å². The van der Waals surface area contributed by atoms with Crippen molar-refractivity contribution in [3.63, 3.8) is 0 Å². The third-order valence-electron chi connectivity index (χ3n) is 16.9. The number of amides is 1. The summed E-state index contributed by atoms with van der Waals surface area (Å²) in [5.41, 5.74) is 0.811. The summed E-state index contributed by atoms with van der Waals surface area (Å²) >= 11 is 0. The zero-order valence-electron chi connectivity index (χ0n) is 47.0. The number of ether oxygens (including phenoxy) is 14. The van der Waals surface area contributed by atoms with Crippen LogP contribution in [0.5, 0.6) is 0 Å². The van der Waals surface area contributed by atoms with Gasteiger partial charge in [-0.3, -0.25) is 4.79 Å². The van der Waals surface area contributed by atoms with E-state index in [0.29, 0.717) is 5.56 Å². The minimum atomic E-state index is -2.29. The quantitative estimate of drug-likeness (QED) is 0.105. The van der Waals surface area contributed by atoms with E-state index in [2.05, 4.69) is 10.5 Å². The lowest BCUT2D eigenvalue weighted by Crippen LogP contribution is -2.68. The summed E-state index contributed by atoms with van der Waals surface area (Å²) in [6.45, 7) is -7.18. The van der Waals surface area contributed by atoms with Crippen molar-refractivity contribution in [2.24, 2.45) is 0 Å². The van der Waals surface area contributed by atoms with Gasteiger partial charge in [0.15, 0.2) is 44.0 Å². The van der Waals surface area contributed by atoms with E-state index in [0.717, 1.165) is 0 Å². The first-order valence-electron chi connectivity index (χ1n) is 28.7. The van der Waals surface area contributed by atoms with Gasteiger partial charge in [-0.1, -0.05) is 35.5 Å². The van der Waals surface area contributed by atoms with E-state index >= 15 is 0 Å². The Kier molecular flexibility index (Phi) is 22.9. The molecule has 1 amide bonds. The van der Waals surface area contributed by atoms with Crippen LogP contribution in [0.15, 0.2) is 40.9 Å². The van der Waals surface area contributed by atoms with Gasteiger partial charge >= 0.3 is 0 Å². The number of hydrogen-bond donors (Lipinski definition) is 21. The molecule has 1 aromatic carbocycles. The maximum absolute atomic E-state index is 13.6. The number of aliphatic hydroxyl groups is 20. The lowest BCUT2D eigenvalue weighted by atomic mass is 9.95. The van der Waals surface area contributed by atoms with Gasteiger partial charge in [0.1, 0.15) is 177 Å². The molecule has 0 spiro atoms. The van der Waals surface area contributed by atoms with Gasteiger partial charge in [0, 0.05) is 18.2 Å². The van der Waals surface area contributed by atoms with Crippen LogP contribution in [0, 0.1) is 0 Å². The van der Waals surface area contributed by atoms with E-state index in [1.54, 1.807) is 30.3 Å². The van der Waals surface area contributed by atoms with Gasteiger partial charge in [0.25, 0.3) is 5.91 Å². The molecule has 21 N–H and O–H groups in total. The highest BCUT2D eigenvalue weighted by Gasteiger charge is 2.59. The average molecular weight is 1310 g/mol. The Hall–Kier alpha value is -3.46. The molecule has 22 heterocycles. The molecule has 2 aromatic rings. The summed E-state index contributed by atoms with van der Waals surface area (Å²) in [5, 5.41) is 231. The van der Waals surface area contributed by atoms with Crippen LogP contribution in [0.4, 0.5) is 0 Å². The lowest BCUT2D eigenvalue weighted by molar-refractivity contribution is -0.396. The van der Waals surface area contributed by atoms with Crippen molar-refractivity contribution in [3.05, 3.63) is 42.2 Å². The van der Waals surface area contributed by atoms with Crippen molar-refractivity contribution in [2.75, 3.05) is 46.2 Å². The van der Waals surface area contributed by atoms with Crippen molar-refractivity contribution in [3.8, 4) is 11.3 Å². The summed E-state index contributed by atoms with van der Waals surface area (Å²) in [6, 6.07) is 9.81. The molecule has 0 radical (unpaired) electrons. The molecular weight excluding hydrogens is 1230 g/mol. The number of hydrogen-bond acceptors (Lipinski definition) is 37. The van der Waals surface area contributed by atoms with Gasteiger partial charge in [-0.25, -0.2) is 0 Å². The van der Waals surface area contributed by atoms with Crippen LogP contribution in [0.1, 0.15) is 10.6 Å². The normalized spacial score (nSPS) is 49.0. The fourth-order valence-electron chi connectivity index (χ4n) is 11.8. The van der Waals surface area contributed by atoms with Gasteiger partial charge in [-0.15, -0.1) is 0 Å². The second-order valence-corrected chi connectivity index (χ2v) is 22.6. The molecule has 38 nitrogen and oxygen atoms in total. The number of nitrogens with zero attached hydrogens (tertiary/aromatic N) is 1. The van der Waals surface area contributed by atoms with E-state index in [4.69, 9.17) is 70.8 Å². The van der Waals surface area contributed by atoms with Crippen LogP contribution in [0.3, 0.4) is 0 Å². The van der Waals surface area contributed by atoms with Gasteiger partial charge < -0.3 is 178 Å². The Morgan fingerprint density at radius 1 is 0.333 bits per heavy atom. The molecule has 21 aliphatic rings. The van der Waals surface area contributed by atoms with Crippen LogP contribution < -0.4 is 5.32 Å². The van der Waals surface area contributed by atoms with E-state index in [1.165, 1.54) is 6.07 Å². The van der Waals surface area contributed by atoms with Crippen molar-refractivity contribution in [1.82, 2.24) is 10.5 Å².